The number of hydrogen-bond donors (Lipinski definition) is 2. The van der Waals surface area contributed by atoms with Crippen LogP contribution in [0, 0.1) is 0 Å². The Labute approximate surface area is 196 Å². The van der Waals surface area contributed by atoms with Crippen LogP contribution in [0.3, 0.4) is 0 Å². The zero-order chi connectivity index (χ0) is 25.3. The number of hydrogen-bond acceptors (Lipinski definition) is 7. The largest absolute Gasteiger partial charge is 0.421 e. The third-order valence-electron chi connectivity index (χ3n) is 4.91. The third-order valence-corrected chi connectivity index (χ3v) is 8.66. The number of nitrogens with zero attached hydrogens (tertiary/aromatic N) is 2. The summed E-state index contributed by atoms with van der Waals surface area (Å²) in [5, 5.41) is 5.23. The second-order valence-electron chi connectivity index (χ2n) is 8.19. The smallest absolute Gasteiger partial charge is 0.338 e. The second-order valence-corrected chi connectivity index (χ2v) is 13.9. The van der Waals surface area contributed by atoms with Crippen LogP contribution in [0.4, 0.5) is 36.3 Å². The van der Waals surface area contributed by atoms with E-state index in [1.54, 1.807) is 37.6 Å². The third kappa shape index (κ3) is 5.77. The van der Waals surface area contributed by atoms with Crippen molar-refractivity contribution in [3.63, 3.8) is 0 Å². The van der Waals surface area contributed by atoms with Crippen molar-refractivity contribution >= 4 is 45.4 Å². The molecule has 0 spiro atoms. The van der Waals surface area contributed by atoms with Crippen molar-refractivity contribution in [2.75, 3.05) is 24.0 Å². The normalized spacial score (nSPS) is 12.6. The fraction of sp³-hybridized carbons (Fsp3) is 0.273. The van der Waals surface area contributed by atoms with Crippen LogP contribution in [-0.4, -0.2) is 37.0 Å². The van der Waals surface area contributed by atoms with Crippen LogP contribution < -0.4 is 15.9 Å². The summed E-state index contributed by atoms with van der Waals surface area (Å²) in [4.78, 5) is 7.59. The molecule has 0 saturated heterocycles. The van der Waals surface area contributed by atoms with Crippen molar-refractivity contribution in [3.05, 3.63) is 60.3 Å². The van der Waals surface area contributed by atoms with Crippen molar-refractivity contribution in [1.29, 1.82) is 0 Å². The van der Waals surface area contributed by atoms with Gasteiger partial charge in [-0.3, -0.25) is 0 Å². The first-order valence-electron chi connectivity index (χ1n) is 10.2. The second kappa shape index (κ2) is 9.38. The lowest BCUT2D eigenvalue weighted by atomic mass is 10.2. The van der Waals surface area contributed by atoms with Crippen LogP contribution in [0.15, 0.2) is 59.6 Å². The van der Waals surface area contributed by atoms with Gasteiger partial charge in [0.15, 0.2) is 9.84 Å². The van der Waals surface area contributed by atoms with E-state index in [2.05, 4.69) is 20.6 Å². The Hall–Kier alpha value is -2.91. The summed E-state index contributed by atoms with van der Waals surface area (Å²) in [6.45, 7) is 6.23. The van der Waals surface area contributed by atoms with Gasteiger partial charge in [-0.1, -0.05) is 12.1 Å². The number of para-hydroxylation sites is 1. The zero-order valence-corrected chi connectivity index (χ0v) is 20.6. The molecule has 1 aromatic heterocycles. The molecule has 12 heteroatoms. The lowest BCUT2D eigenvalue weighted by Gasteiger charge is -2.18. The van der Waals surface area contributed by atoms with Gasteiger partial charge in [-0.2, -0.15) is 18.2 Å². The minimum Gasteiger partial charge on any atom is -0.338 e. The van der Waals surface area contributed by atoms with E-state index in [4.69, 9.17) is 0 Å². The van der Waals surface area contributed by atoms with Crippen molar-refractivity contribution < 1.29 is 26.2 Å². The van der Waals surface area contributed by atoms with E-state index in [-0.39, 0.29) is 16.5 Å². The summed E-state index contributed by atoms with van der Waals surface area (Å²) in [7, 11) is -6.24. The highest BCUT2D eigenvalue weighted by molar-refractivity contribution is 7.92. The Morgan fingerprint density at radius 1 is 0.971 bits per heavy atom. The maximum Gasteiger partial charge on any atom is 0.421 e. The zero-order valence-electron chi connectivity index (χ0n) is 18.9. The first-order chi connectivity index (χ1) is 15.7. The van der Waals surface area contributed by atoms with Gasteiger partial charge in [0.25, 0.3) is 0 Å². The van der Waals surface area contributed by atoms with Gasteiger partial charge in [-0.15, -0.1) is 0 Å². The first kappa shape index (κ1) is 25.7. The van der Waals surface area contributed by atoms with Crippen molar-refractivity contribution in [3.8, 4) is 0 Å². The van der Waals surface area contributed by atoms with Crippen LogP contribution >= 0.6 is 7.14 Å². The average Bonchev–Trinajstić information content (AvgIpc) is 2.73. The number of nitrogens with one attached hydrogen (secondary N) is 2. The van der Waals surface area contributed by atoms with Gasteiger partial charge in [-0.05, 0) is 63.6 Å². The van der Waals surface area contributed by atoms with Crippen LogP contribution in [-0.2, 0) is 20.6 Å². The number of sulfone groups is 1. The highest BCUT2D eigenvalue weighted by Crippen LogP contribution is 2.37. The SMILES string of the molecule is CC(C)S(=O)(=O)c1ccccc1Nc1nc(Nc2ccc(P(C)(C)=O)cc2)ncc1C(F)(F)F. The van der Waals surface area contributed by atoms with Gasteiger partial charge in [0.2, 0.25) is 5.95 Å². The van der Waals surface area contributed by atoms with E-state index >= 15 is 0 Å². The molecular formula is C22H24F3N4O3PS. The van der Waals surface area contributed by atoms with E-state index in [1.807, 2.05) is 0 Å². The molecule has 182 valence electrons. The van der Waals surface area contributed by atoms with Crippen LogP contribution in [0.5, 0.6) is 0 Å². The van der Waals surface area contributed by atoms with Crippen molar-refractivity contribution in [2.45, 2.75) is 30.2 Å². The van der Waals surface area contributed by atoms with Gasteiger partial charge in [0.05, 0.1) is 15.8 Å². The predicted octanol–water partition coefficient (Wildman–Crippen LogP) is 5.41. The molecular weight excluding hydrogens is 488 g/mol. The Bertz CT molecular complexity index is 1340. The molecule has 0 amide bonds. The molecule has 0 aliphatic carbocycles. The van der Waals surface area contributed by atoms with E-state index in [0.717, 1.165) is 0 Å². The predicted molar refractivity (Wildman–Crippen MR) is 128 cm³/mol. The lowest BCUT2D eigenvalue weighted by molar-refractivity contribution is -0.137. The number of rotatable bonds is 7. The molecule has 0 fully saturated rings. The summed E-state index contributed by atoms with van der Waals surface area (Å²) in [5.74, 6) is -0.733. The summed E-state index contributed by atoms with van der Waals surface area (Å²) < 4.78 is 78.5. The van der Waals surface area contributed by atoms with Crippen LogP contribution in [0.1, 0.15) is 19.4 Å². The fourth-order valence-corrected chi connectivity index (χ4v) is 5.05. The highest BCUT2D eigenvalue weighted by Gasteiger charge is 2.36. The number of halogens is 3. The molecule has 0 bridgehead atoms. The molecule has 1 heterocycles. The Kier molecular flexibility index (Phi) is 7.10. The highest BCUT2D eigenvalue weighted by atomic mass is 32.2. The summed E-state index contributed by atoms with van der Waals surface area (Å²) in [6, 6.07) is 12.2. The van der Waals surface area contributed by atoms with E-state index < -0.39 is 39.8 Å². The average molecular weight is 512 g/mol. The fourth-order valence-electron chi connectivity index (χ4n) is 2.98. The van der Waals surface area contributed by atoms with Gasteiger partial charge >= 0.3 is 6.18 Å². The molecule has 0 saturated carbocycles. The standard InChI is InChI=1S/C22H24F3N4O3PS/c1-14(2)34(31,32)19-8-6-5-7-18(19)28-20-17(22(23,24)25)13-26-21(29-20)27-15-9-11-16(12-10-15)33(3,4)30/h5-14H,1-4H3,(H2,26,27,28,29). The van der Waals surface area contributed by atoms with Gasteiger partial charge in [-0.25, -0.2) is 13.4 Å². The molecule has 0 radical (unpaired) electrons. The molecule has 34 heavy (non-hydrogen) atoms. The van der Waals surface area contributed by atoms with Crippen molar-refractivity contribution in [1.82, 2.24) is 9.97 Å². The van der Waals surface area contributed by atoms with Crippen LogP contribution in [0.25, 0.3) is 0 Å². The van der Waals surface area contributed by atoms with Gasteiger partial charge in [0.1, 0.15) is 18.5 Å². The summed E-state index contributed by atoms with van der Waals surface area (Å²) >= 11 is 0. The number of benzene rings is 2. The van der Waals surface area contributed by atoms with Gasteiger partial charge in [0, 0.05) is 17.2 Å². The number of aromatic nitrogens is 2. The van der Waals surface area contributed by atoms with Crippen molar-refractivity contribution in [2.24, 2.45) is 0 Å². The molecule has 3 aromatic rings. The Morgan fingerprint density at radius 3 is 2.15 bits per heavy atom. The van der Waals surface area contributed by atoms with E-state index in [0.29, 0.717) is 17.2 Å². The summed E-state index contributed by atoms with van der Waals surface area (Å²) in [6.07, 6.45) is -4.16. The number of anilines is 4. The molecule has 0 atom stereocenters. The molecule has 0 aliphatic rings. The lowest BCUT2D eigenvalue weighted by Crippen LogP contribution is -2.17. The Balaban J connectivity index is 2.01. The monoisotopic (exact) mass is 512 g/mol. The molecule has 0 unspecified atom stereocenters. The summed E-state index contributed by atoms with van der Waals surface area (Å²) in [5.41, 5.74) is -0.703. The van der Waals surface area contributed by atoms with Crippen LogP contribution in [0.2, 0.25) is 0 Å². The van der Waals surface area contributed by atoms with Gasteiger partial charge < -0.3 is 15.2 Å². The molecule has 3 rings (SSSR count). The maximum atomic E-state index is 13.6. The quantitative estimate of drug-likeness (QED) is 0.408. The van der Waals surface area contributed by atoms with E-state index in [9.17, 15) is 26.2 Å². The Morgan fingerprint density at radius 2 is 1.59 bits per heavy atom. The number of alkyl halides is 3. The molecule has 2 aromatic carbocycles. The van der Waals surface area contributed by atoms with E-state index in [1.165, 1.54) is 38.1 Å². The first-order valence-corrected chi connectivity index (χ1v) is 14.3. The maximum absolute atomic E-state index is 13.6. The molecule has 2 N–H and O–H groups in total. The minimum absolute atomic E-state index is 0.0302. The molecule has 7 nitrogen and oxygen atoms in total. The molecule has 0 aliphatic heterocycles. The topological polar surface area (TPSA) is 101 Å². The minimum atomic E-state index is -4.78.